The number of rotatable bonds is 10. The summed E-state index contributed by atoms with van der Waals surface area (Å²) in [5, 5.41) is 24.6. The maximum Gasteiger partial charge on any atom is 0.305 e. The smallest absolute Gasteiger partial charge is 0.305 e. The Labute approximate surface area is 208 Å². The number of aromatic nitrogens is 2. The molecule has 9 nitrogen and oxygen atoms in total. The Kier molecular flexibility index (Phi) is 7.42. The molecule has 0 radical (unpaired) electrons. The molecule has 2 aromatic carbocycles. The Hall–Kier alpha value is -3.69. The van der Waals surface area contributed by atoms with Crippen molar-refractivity contribution in [3.8, 4) is 5.69 Å². The van der Waals surface area contributed by atoms with Crippen molar-refractivity contribution < 1.29 is 24.5 Å². The number of anilines is 1. The largest absolute Gasteiger partial charge is 0.469 e. The van der Waals surface area contributed by atoms with Crippen LogP contribution in [0.5, 0.6) is 0 Å². The molecule has 0 unspecified atom stereocenters. The van der Waals surface area contributed by atoms with E-state index in [-0.39, 0.29) is 24.6 Å². The van der Waals surface area contributed by atoms with Crippen LogP contribution in [0.3, 0.4) is 0 Å². The third-order valence-electron chi connectivity index (χ3n) is 6.72. The van der Waals surface area contributed by atoms with Crippen molar-refractivity contribution in [3.63, 3.8) is 0 Å². The summed E-state index contributed by atoms with van der Waals surface area (Å²) in [5.74, 6) is -1.36. The number of nitrogens with one attached hydrogen (secondary N) is 1. The third-order valence-corrected chi connectivity index (χ3v) is 6.72. The standard InChI is InChI=1S/C27H31N3O6/c1-18(9-6-8-16-31)27(35)21-17-19(30-25(33)20-10-3-4-11-22(20)28-30)13-14-23(21)29(26(27)34)15-7-5-12-24(32)36-2/h3-4,6,9-11,13-14,17-18,28,31,35H,5,7-8,12,15-16H2,1-2H3/b9-6+/t18-,27+/m1/s1. The molecular weight excluding hydrogens is 462 g/mol. The fourth-order valence-electron chi connectivity index (χ4n) is 4.69. The highest BCUT2D eigenvalue weighted by atomic mass is 16.5. The van der Waals surface area contributed by atoms with E-state index in [1.165, 1.54) is 11.8 Å². The summed E-state index contributed by atoms with van der Waals surface area (Å²) in [4.78, 5) is 39.6. The van der Waals surface area contributed by atoms with Gasteiger partial charge in [0.15, 0.2) is 5.60 Å². The number of carbonyl (C=O) groups excluding carboxylic acids is 2. The van der Waals surface area contributed by atoms with Crippen molar-refractivity contribution in [3.05, 3.63) is 70.5 Å². The molecule has 1 amide bonds. The average molecular weight is 494 g/mol. The zero-order chi connectivity index (χ0) is 25.9. The first-order valence-electron chi connectivity index (χ1n) is 12.1. The average Bonchev–Trinajstić information content (AvgIpc) is 3.34. The van der Waals surface area contributed by atoms with Gasteiger partial charge in [-0.25, -0.2) is 4.68 Å². The van der Waals surface area contributed by atoms with Crippen molar-refractivity contribution in [2.45, 2.75) is 38.2 Å². The quantitative estimate of drug-likeness (QED) is 0.227. The number of aliphatic hydroxyl groups excluding tert-OH is 1. The van der Waals surface area contributed by atoms with Gasteiger partial charge in [0.2, 0.25) is 0 Å². The summed E-state index contributed by atoms with van der Waals surface area (Å²) in [6, 6.07) is 12.3. The number of H-pyrrole nitrogens is 1. The van der Waals surface area contributed by atoms with Crippen LogP contribution in [-0.4, -0.2) is 52.1 Å². The van der Waals surface area contributed by atoms with Gasteiger partial charge in [0.05, 0.1) is 29.4 Å². The van der Waals surface area contributed by atoms with Crippen LogP contribution >= 0.6 is 0 Å². The van der Waals surface area contributed by atoms with E-state index >= 15 is 0 Å². The van der Waals surface area contributed by atoms with Gasteiger partial charge in [-0.15, -0.1) is 0 Å². The minimum Gasteiger partial charge on any atom is -0.469 e. The first-order chi connectivity index (χ1) is 17.3. The van der Waals surface area contributed by atoms with E-state index in [0.29, 0.717) is 53.6 Å². The molecule has 0 spiro atoms. The summed E-state index contributed by atoms with van der Waals surface area (Å²) < 4.78 is 6.09. The molecule has 1 aliphatic heterocycles. The first kappa shape index (κ1) is 25.4. The molecule has 0 saturated heterocycles. The van der Waals surface area contributed by atoms with E-state index in [1.54, 1.807) is 54.3 Å². The van der Waals surface area contributed by atoms with E-state index < -0.39 is 17.4 Å². The highest BCUT2D eigenvalue weighted by Gasteiger charge is 2.52. The molecular formula is C27H31N3O6. The van der Waals surface area contributed by atoms with Gasteiger partial charge < -0.3 is 19.8 Å². The zero-order valence-electron chi connectivity index (χ0n) is 20.4. The van der Waals surface area contributed by atoms with Gasteiger partial charge in [-0.3, -0.25) is 19.5 Å². The molecule has 36 heavy (non-hydrogen) atoms. The van der Waals surface area contributed by atoms with Gasteiger partial charge in [0.25, 0.3) is 11.5 Å². The van der Waals surface area contributed by atoms with Crippen LogP contribution in [-0.2, 0) is 19.9 Å². The summed E-state index contributed by atoms with van der Waals surface area (Å²) in [7, 11) is 1.34. The van der Waals surface area contributed by atoms with Crippen LogP contribution in [0.15, 0.2) is 59.4 Å². The Morgan fingerprint density at radius 1 is 1.19 bits per heavy atom. The Balaban J connectivity index is 1.73. The number of benzene rings is 2. The number of esters is 1. The number of nitrogens with zero attached hydrogens (tertiary/aromatic N) is 2. The van der Waals surface area contributed by atoms with E-state index in [1.807, 2.05) is 12.1 Å². The number of fused-ring (bicyclic) bond motifs is 2. The number of para-hydroxylation sites is 1. The van der Waals surface area contributed by atoms with Crippen LogP contribution in [0.25, 0.3) is 16.6 Å². The topological polar surface area (TPSA) is 125 Å². The predicted molar refractivity (Wildman–Crippen MR) is 136 cm³/mol. The van der Waals surface area contributed by atoms with Crippen LogP contribution in [0, 0.1) is 5.92 Å². The van der Waals surface area contributed by atoms with Gasteiger partial charge in [-0.1, -0.05) is 31.2 Å². The number of methoxy groups -OCH3 is 1. The summed E-state index contributed by atoms with van der Waals surface area (Å²) in [6.45, 7) is 2.04. The van der Waals surface area contributed by atoms with E-state index in [0.717, 1.165) is 0 Å². The molecule has 0 fully saturated rings. The van der Waals surface area contributed by atoms with Crippen LogP contribution in [0.4, 0.5) is 5.69 Å². The number of hydrogen-bond donors (Lipinski definition) is 3. The molecule has 2 heterocycles. The Morgan fingerprint density at radius 3 is 2.69 bits per heavy atom. The van der Waals surface area contributed by atoms with Crippen molar-refractivity contribution in [1.29, 1.82) is 0 Å². The predicted octanol–water partition coefficient (Wildman–Crippen LogP) is 2.77. The van der Waals surface area contributed by atoms with Gasteiger partial charge in [0.1, 0.15) is 0 Å². The minimum absolute atomic E-state index is 0.0358. The molecule has 1 aliphatic rings. The molecule has 9 heteroatoms. The van der Waals surface area contributed by atoms with Crippen molar-refractivity contribution in [2.24, 2.45) is 5.92 Å². The Bertz CT molecular complexity index is 1360. The molecule has 0 bridgehead atoms. The lowest BCUT2D eigenvalue weighted by atomic mass is 9.82. The SMILES string of the molecule is COC(=O)CCCCN1C(=O)[C@](O)([C@H](C)/C=C/CCO)c2cc(-n3[nH]c4ccccc4c3=O)ccc21. The van der Waals surface area contributed by atoms with E-state index in [9.17, 15) is 19.5 Å². The number of aromatic amines is 1. The van der Waals surface area contributed by atoms with Crippen LogP contribution in [0.2, 0.25) is 0 Å². The van der Waals surface area contributed by atoms with Gasteiger partial charge >= 0.3 is 5.97 Å². The van der Waals surface area contributed by atoms with Crippen molar-refractivity contribution >= 4 is 28.5 Å². The van der Waals surface area contributed by atoms with Gasteiger partial charge in [-0.05, 0) is 49.6 Å². The van der Waals surface area contributed by atoms with E-state index in [4.69, 9.17) is 5.11 Å². The summed E-state index contributed by atoms with van der Waals surface area (Å²) in [6.07, 6.45) is 5.20. The second kappa shape index (κ2) is 10.5. The minimum atomic E-state index is -1.85. The normalized spacial score (nSPS) is 18.2. The molecule has 1 aromatic heterocycles. The fourth-order valence-corrected chi connectivity index (χ4v) is 4.69. The van der Waals surface area contributed by atoms with Crippen LogP contribution in [0.1, 0.15) is 38.2 Å². The molecule has 3 aromatic rings. The third kappa shape index (κ3) is 4.47. The second-order valence-corrected chi connectivity index (χ2v) is 8.98. The monoisotopic (exact) mass is 493 g/mol. The highest BCUT2D eigenvalue weighted by molar-refractivity contribution is 6.07. The van der Waals surface area contributed by atoms with Crippen LogP contribution < -0.4 is 10.5 Å². The molecule has 0 aliphatic carbocycles. The van der Waals surface area contributed by atoms with Gasteiger partial charge in [0, 0.05) is 31.1 Å². The number of amides is 1. The fraction of sp³-hybridized carbons (Fsp3) is 0.370. The number of hydrogen-bond acceptors (Lipinski definition) is 6. The number of aliphatic hydroxyl groups is 2. The van der Waals surface area contributed by atoms with Crippen molar-refractivity contribution in [2.75, 3.05) is 25.2 Å². The highest BCUT2D eigenvalue weighted by Crippen LogP contribution is 2.46. The zero-order valence-corrected chi connectivity index (χ0v) is 20.4. The van der Waals surface area contributed by atoms with Crippen molar-refractivity contribution in [1.82, 2.24) is 9.78 Å². The van der Waals surface area contributed by atoms with Gasteiger partial charge in [-0.2, -0.15) is 0 Å². The summed E-state index contributed by atoms with van der Waals surface area (Å²) in [5.41, 5.74) is 0.0755. The molecule has 3 N–H and O–H groups in total. The molecule has 0 saturated carbocycles. The molecule has 190 valence electrons. The second-order valence-electron chi connectivity index (χ2n) is 8.98. The maximum atomic E-state index is 13.6. The number of ether oxygens (including phenoxy) is 1. The maximum absolute atomic E-state index is 13.6. The first-order valence-corrected chi connectivity index (χ1v) is 12.1. The lowest BCUT2D eigenvalue weighted by Crippen LogP contribution is -2.44. The Morgan fingerprint density at radius 2 is 1.97 bits per heavy atom. The lowest BCUT2D eigenvalue weighted by Gasteiger charge is -2.27. The lowest BCUT2D eigenvalue weighted by molar-refractivity contribution is -0.140. The molecule has 4 rings (SSSR count). The van der Waals surface area contributed by atoms with E-state index in [2.05, 4.69) is 9.84 Å². The summed E-state index contributed by atoms with van der Waals surface area (Å²) >= 11 is 0. The molecule has 2 atom stereocenters. The number of carbonyl (C=O) groups is 2. The number of unbranched alkanes of at least 4 members (excludes halogenated alkanes) is 1.